The van der Waals surface area contributed by atoms with Crippen LogP contribution >= 0.6 is 9.24 Å². The van der Waals surface area contributed by atoms with E-state index in [0.717, 1.165) is 19.3 Å². The molecular formula is C9H19O2P. The minimum Gasteiger partial charge on any atom is -0.465 e. The molecule has 0 aliphatic heterocycles. The number of ether oxygens (including phenoxy) is 1. The fourth-order valence-corrected chi connectivity index (χ4v) is 0.960. The van der Waals surface area contributed by atoms with Crippen molar-refractivity contribution in [2.24, 2.45) is 0 Å². The van der Waals surface area contributed by atoms with Crippen molar-refractivity contribution in [2.45, 2.75) is 45.2 Å². The van der Waals surface area contributed by atoms with E-state index in [9.17, 15) is 4.79 Å². The van der Waals surface area contributed by atoms with Crippen molar-refractivity contribution in [3.63, 3.8) is 0 Å². The van der Waals surface area contributed by atoms with Gasteiger partial charge in [-0.15, -0.1) is 9.24 Å². The van der Waals surface area contributed by atoms with Crippen molar-refractivity contribution in [1.82, 2.24) is 0 Å². The van der Waals surface area contributed by atoms with Gasteiger partial charge in [0, 0.05) is 0 Å². The van der Waals surface area contributed by atoms with E-state index in [2.05, 4.69) is 9.24 Å². The summed E-state index contributed by atoms with van der Waals surface area (Å²) in [6.07, 6.45) is 2.52. The van der Waals surface area contributed by atoms with E-state index in [1.807, 2.05) is 20.8 Å². The number of rotatable bonds is 5. The minimum atomic E-state index is -0.352. The molecule has 0 aliphatic rings. The molecule has 0 spiro atoms. The third-order valence-electron chi connectivity index (χ3n) is 2.11. The Balaban J connectivity index is 4.03. The van der Waals surface area contributed by atoms with Crippen LogP contribution in [0.1, 0.15) is 40.0 Å². The molecule has 0 amide bonds. The first-order chi connectivity index (χ1) is 5.60. The molecule has 0 saturated carbocycles. The summed E-state index contributed by atoms with van der Waals surface area (Å²) in [6, 6.07) is 0. The Morgan fingerprint density at radius 3 is 2.17 bits per heavy atom. The average molecular weight is 190 g/mol. The van der Waals surface area contributed by atoms with Crippen LogP contribution in [0.4, 0.5) is 0 Å². The van der Waals surface area contributed by atoms with Gasteiger partial charge >= 0.3 is 5.97 Å². The van der Waals surface area contributed by atoms with Crippen molar-refractivity contribution in [3.8, 4) is 0 Å². The van der Waals surface area contributed by atoms with Crippen LogP contribution in [0.2, 0.25) is 0 Å². The van der Waals surface area contributed by atoms with Gasteiger partial charge in [-0.05, 0) is 19.3 Å². The normalized spacial score (nSPS) is 11.3. The van der Waals surface area contributed by atoms with E-state index in [-0.39, 0.29) is 11.1 Å². The smallest absolute Gasteiger partial charge is 0.315 e. The van der Waals surface area contributed by atoms with Crippen LogP contribution in [-0.4, -0.2) is 17.7 Å². The van der Waals surface area contributed by atoms with Crippen LogP contribution in [0.3, 0.4) is 0 Å². The molecule has 1 unspecified atom stereocenters. The summed E-state index contributed by atoms with van der Waals surface area (Å²) in [7, 11) is 2.60. The Morgan fingerprint density at radius 1 is 1.33 bits per heavy atom. The number of hydrogen-bond acceptors (Lipinski definition) is 2. The van der Waals surface area contributed by atoms with Crippen molar-refractivity contribution < 1.29 is 9.53 Å². The summed E-state index contributed by atoms with van der Waals surface area (Å²) in [5, 5.41) is -0.352. The van der Waals surface area contributed by atoms with Crippen LogP contribution in [0.5, 0.6) is 0 Å². The lowest BCUT2D eigenvalue weighted by Gasteiger charge is -2.23. The van der Waals surface area contributed by atoms with Crippen molar-refractivity contribution >= 4 is 15.2 Å². The number of esters is 1. The summed E-state index contributed by atoms with van der Waals surface area (Å²) >= 11 is 0. The van der Waals surface area contributed by atoms with Gasteiger partial charge in [0.25, 0.3) is 0 Å². The van der Waals surface area contributed by atoms with Crippen LogP contribution in [0, 0.1) is 0 Å². The second kappa shape index (κ2) is 5.53. The molecule has 72 valence electrons. The molecular weight excluding hydrogens is 171 g/mol. The van der Waals surface area contributed by atoms with E-state index in [4.69, 9.17) is 4.74 Å². The summed E-state index contributed by atoms with van der Waals surface area (Å²) < 4.78 is 5.08. The SMILES string of the molecule is CCCOC(=O)C(P)(CC)CC. The van der Waals surface area contributed by atoms with Crippen LogP contribution in [0.15, 0.2) is 0 Å². The minimum absolute atomic E-state index is 0.0839. The Bertz CT molecular complexity index is 141. The predicted octanol–water partition coefficient (Wildman–Crippen LogP) is 2.37. The monoisotopic (exact) mass is 190 g/mol. The third kappa shape index (κ3) is 3.10. The summed E-state index contributed by atoms with van der Waals surface area (Å²) in [5.41, 5.74) is 0. The molecule has 0 aromatic heterocycles. The highest BCUT2D eigenvalue weighted by atomic mass is 31.0. The summed E-state index contributed by atoms with van der Waals surface area (Å²) in [4.78, 5) is 11.4. The summed E-state index contributed by atoms with van der Waals surface area (Å²) in [6.45, 7) is 6.54. The molecule has 3 heteroatoms. The topological polar surface area (TPSA) is 26.3 Å². The van der Waals surface area contributed by atoms with Gasteiger partial charge in [-0.1, -0.05) is 20.8 Å². The lowest BCUT2D eigenvalue weighted by atomic mass is 10.0. The quantitative estimate of drug-likeness (QED) is 0.491. The van der Waals surface area contributed by atoms with Gasteiger partial charge < -0.3 is 4.74 Å². The largest absolute Gasteiger partial charge is 0.465 e. The zero-order valence-corrected chi connectivity index (χ0v) is 9.38. The Labute approximate surface area is 77.3 Å². The standard InChI is InChI=1S/C9H19O2P/c1-4-7-11-8(10)9(12,5-2)6-3/h4-7,12H2,1-3H3. The molecule has 0 N–H and O–H groups in total. The second-order valence-corrected chi connectivity index (χ2v) is 4.10. The van der Waals surface area contributed by atoms with Gasteiger partial charge in [-0.3, -0.25) is 4.79 Å². The molecule has 12 heavy (non-hydrogen) atoms. The molecule has 0 rings (SSSR count). The summed E-state index contributed by atoms with van der Waals surface area (Å²) in [5.74, 6) is -0.0839. The number of carbonyl (C=O) groups excluding carboxylic acids is 1. The molecule has 0 aromatic rings. The van der Waals surface area contributed by atoms with Crippen LogP contribution in [-0.2, 0) is 9.53 Å². The van der Waals surface area contributed by atoms with Crippen molar-refractivity contribution in [1.29, 1.82) is 0 Å². The number of hydrogen-bond donors (Lipinski definition) is 0. The molecule has 1 atom stereocenters. The molecule has 0 heterocycles. The zero-order valence-electron chi connectivity index (χ0n) is 8.22. The lowest BCUT2D eigenvalue weighted by Crippen LogP contribution is -2.32. The van der Waals surface area contributed by atoms with Gasteiger partial charge in [0.1, 0.15) is 0 Å². The maximum atomic E-state index is 11.4. The van der Waals surface area contributed by atoms with Crippen molar-refractivity contribution in [2.75, 3.05) is 6.61 Å². The molecule has 2 nitrogen and oxygen atoms in total. The Hall–Kier alpha value is -0.100. The highest BCUT2D eigenvalue weighted by molar-refractivity contribution is 7.21. The van der Waals surface area contributed by atoms with Gasteiger partial charge in [-0.25, -0.2) is 0 Å². The zero-order chi connectivity index (χ0) is 9.61. The third-order valence-corrected chi connectivity index (χ3v) is 3.16. The molecule has 0 aromatic carbocycles. The van der Waals surface area contributed by atoms with Gasteiger partial charge in [0.2, 0.25) is 0 Å². The first-order valence-corrected chi connectivity index (χ1v) is 5.14. The fraction of sp³-hybridized carbons (Fsp3) is 0.889. The molecule has 0 radical (unpaired) electrons. The maximum Gasteiger partial charge on any atom is 0.315 e. The van der Waals surface area contributed by atoms with Gasteiger partial charge in [0.15, 0.2) is 0 Å². The molecule has 0 bridgehead atoms. The van der Waals surface area contributed by atoms with E-state index in [0.29, 0.717) is 6.61 Å². The number of carbonyl (C=O) groups is 1. The van der Waals surface area contributed by atoms with Gasteiger partial charge in [0.05, 0.1) is 11.8 Å². The van der Waals surface area contributed by atoms with E-state index in [1.54, 1.807) is 0 Å². The maximum absolute atomic E-state index is 11.4. The van der Waals surface area contributed by atoms with E-state index >= 15 is 0 Å². The first-order valence-electron chi connectivity index (χ1n) is 4.56. The van der Waals surface area contributed by atoms with Crippen molar-refractivity contribution in [3.05, 3.63) is 0 Å². The highest BCUT2D eigenvalue weighted by Crippen LogP contribution is 2.28. The molecule has 0 aliphatic carbocycles. The first kappa shape index (κ1) is 11.9. The predicted molar refractivity (Wildman–Crippen MR) is 54.3 cm³/mol. The Morgan fingerprint density at radius 2 is 1.83 bits per heavy atom. The Kier molecular flexibility index (Phi) is 5.48. The van der Waals surface area contributed by atoms with Gasteiger partial charge in [-0.2, -0.15) is 0 Å². The average Bonchev–Trinajstić information content (AvgIpc) is 2.12. The van der Waals surface area contributed by atoms with E-state index < -0.39 is 0 Å². The van der Waals surface area contributed by atoms with Crippen LogP contribution < -0.4 is 0 Å². The molecule has 0 fully saturated rings. The molecule has 0 saturated heterocycles. The van der Waals surface area contributed by atoms with E-state index in [1.165, 1.54) is 0 Å². The lowest BCUT2D eigenvalue weighted by molar-refractivity contribution is -0.146. The second-order valence-electron chi connectivity index (χ2n) is 3.00. The highest BCUT2D eigenvalue weighted by Gasteiger charge is 2.30. The fourth-order valence-electron chi connectivity index (χ4n) is 0.877. The van der Waals surface area contributed by atoms with Crippen LogP contribution in [0.25, 0.3) is 0 Å².